The zero-order valence-corrected chi connectivity index (χ0v) is 16.9. The number of aromatic hydroxyl groups is 1. The van der Waals surface area contributed by atoms with E-state index in [9.17, 15) is 29.9 Å². The minimum atomic E-state index is -1.00. The third-order valence-electron chi connectivity index (χ3n) is 4.63. The van der Waals surface area contributed by atoms with Gasteiger partial charge in [0, 0.05) is 22.6 Å². The molecule has 0 aromatic heterocycles. The van der Waals surface area contributed by atoms with Crippen molar-refractivity contribution in [3.8, 4) is 5.75 Å². The molecule has 0 bridgehead atoms. The minimum absolute atomic E-state index is 0.147. The van der Waals surface area contributed by atoms with E-state index in [1.165, 1.54) is 11.0 Å². The molecule has 0 spiro atoms. The number of carbonyl (C=O) groups excluding carboxylic acids is 2. The van der Waals surface area contributed by atoms with E-state index < -0.39 is 34.1 Å². The third-order valence-corrected chi connectivity index (χ3v) is 5.16. The summed E-state index contributed by atoms with van der Waals surface area (Å²) >= 11 is 3.29. The number of halogens is 1. The molecule has 8 nitrogen and oxygen atoms in total. The molecular weight excluding hydrogens is 444 g/mol. The number of aliphatic hydroxyl groups excluding tert-OH is 1. The number of likely N-dealkylation sites (tertiary alicyclic amines) is 1. The number of aliphatic hydroxyl groups is 1. The Hall–Kier alpha value is -3.20. The number of hydrogen-bond acceptors (Lipinski definition) is 6. The highest BCUT2D eigenvalue weighted by Crippen LogP contribution is 2.41. The molecule has 2 aromatic carbocycles. The number of rotatable bonds is 5. The molecule has 1 fully saturated rings. The third kappa shape index (κ3) is 3.73. The van der Waals surface area contributed by atoms with Crippen molar-refractivity contribution in [1.29, 1.82) is 0 Å². The molecule has 2 aromatic rings. The topological polar surface area (TPSA) is 121 Å². The Balaban J connectivity index is 2.23. The summed E-state index contributed by atoms with van der Waals surface area (Å²) in [5.74, 6) is -2.54. The van der Waals surface area contributed by atoms with Crippen molar-refractivity contribution in [2.24, 2.45) is 0 Å². The fraction of sp³-hybridized carbons (Fsp3) is 0.200. The Kier molecular flexibility index (Phi) is 5.69. The zero-order chi connectivity index (χ0) is 21.3. The maximum Gasteiger partial charge on any atom is 0.311 e. The van der Waals surface area contributed by atoms with Gasteiger partial charge in [-0.15, -0.1) is 0 Å². The number of nitro groups is 1. The van der Waals surface area contributed by atoms with E-state index in [2.05, 4.69) is 15.9 Å². The molecule has 1 atom stereocenters. The number of hydrogen-bond donors (Lipinski definition) is 2. The SMILES string of the molecule is CCCN1C(=O)C(=O)/C(=C(\O)c2ccc(Br)cc2)C1c1ccc(O)c([N+](=O)[O-])c1. The van der Waals surface area contributed by atoms with Crippen LogP contribution in [0.4, 0.5) is 5.69 Å². The standard InChI is InChI=1S/C20H17BrN2O6/c1-2-9-22-17(12-5-8-15(24)14(10-12)23(28)29)16(19(26)20(22)27)18(25)11-3-6-13(21)7-4-11/h3-8,10,17,24-25H,2,9H2,1H3/b18-16-. The van der Waals surface area contributed by atoms with Crippen molar-refractivity contribution in [3.05, 3.63) is 73.8 Å². The quantitative estimate of drug-likeness (QED) is 0.229. The van der Waals surface area contributed by atoms with Crippen molar-refractivity contribution in [3.63, 3.8) is 0 Å². The molecule has 1 aliphatic rings. The molecule has 0 saturated carbocycles. The Morgan fingerprint density at radius 1 is 1.21 bits per heavy atom. The van der Waals surface area contributed by atoms with Crippen LogP contribution in [0.1, 0.15) is 30.5 Å². The van der Waals surface area contributed by atoms with Crippen molar-refractivity contribution in [2.75, 3.05) is 6.54 Å². The summed E-state index contributed by atoms with van der Waals surface area (Å²) in [7, 11) is 0. The van der Waals surface area contributed by atoms with E-state index in [0.29, 0.717) is 12.0 Å². The number of benzene rings is 2. The molecule has 150 valence electrons. The molecular formula is C20H17BrN2O6. The molecule has 1 unspecified atom stereocenters. The second-order valence-electron chi connectivity index (χ2n) is 6.50. The number of phenols is 1. The van der Waals surface area contributed by atoms with Gasteiger partial charge in [0.1, 0.15) is 5.76 Å². The van der Waals surface area contributed by atoms with E-state index in [0.717, 1.165) is 16.6 Å². The number of amides is 1. The number of Topliss-reactive ketones (excluding diaryl/α,β-unsaturated/α-hetero) is 1. The molecule has 0 radical (unpaired) electrons. The first-order valence-electron chi connectivity index (χ1n) is 8.78. The van der Waals surface area contributed by atoms with Gasteiger partial charge >= 0.3 is 5.69 Å². The smallest absolute Gasteiger partial charge is 0.311 e. The minimum Gasteiger partial charge on any atom is -0.507 e. The first-order chi connectivity index (χ1) is 13.8. The lowest BCUT2D eigenvalue weighted by atomic mass is 9.95. The highest BCUT2D eigenvalue weighted by atomic mass is 79.9. The van der Waals surface area contributed by atoms with E-state index in [4.69, 9.17) is 0 Å². The number of ketones is 1. The van der Waals surface area contributed by atoms with Crippen molar-refractivity contribution in [1.82, 2.24) is 4.90 Å². The zero-order valence-electron chi connectivity index (χ0n) is 15.3. The summed E-state index contributed by atoms with van der Waals surface area (Å²) < 4.78 is 0.770. The van der Waals surface area contributed by atoms with Gasteiger partial charge in [0.25, 0.3) is 11.7 Å². The van der Waals surface area contributed by atoms with Crippen LogP contribution in [0.2, 0.25) is 0 Å². The molecule has 0 aliphatic carbocycles. The van der Waals surface area contributed by atoms with Crippen molar-refractivity contribution < 1.29 is 24.7 Å². The maximum atomic E-state index is 12.7. The van der Waals surface area contributed by atoms with Crippen LogP contribution in [0.25, 0.3) is 5.76 Å². The molecule has 1 saturated heterocycles. The van der Waals surface area contributed by atoms with Crippen LogP contribution in [0.5, 0.6) is 5.75 Å². The summed E-state index contributed by atoms with van der Waals surface area (Å²) in [6.07, 6.45) is 0.544. The van der Waals surface area contributed by atoms with Gasteiger partial charge in [-0.1, -0.05) is 41.1 Å². The van der Waals surface area contributed by atoms with Gasteiger partial charge in [-0.25, -0.2) is 0 Å². The first-order valence-corrected chi connectivity index (χ1v) is 9.57. The van der Waals surface area contributed by atoms with Crippen LogP contribution >= 0.6 is 15.9 Å². The predicted molar refractivity (Wildman–Crippen MR) is 108 cm³/mol. The highest BCUT2D eigenvalue weighted by Gasteiger charge is 2.46. The van der Waals surface area contributed by atoms with Gasteiger partial charge in [0.05, 0.1) is 16.5 Å². The van der Waals surface area contributed by atoms with Crippen LogP contribution in [-0.4, -0.2) is 38.3 Å². The Morgan fingerprint density at radius 3 is 2.45 bits per heavy atom. The summed E-state index contributed by atoms with van der Waals surface area (Å²) in [6.45, 7) is 2.05. The molecule has 9 heteroatoms. The number of carbonyl (C=O) groups is 2. The van der Waals surface area contributed by atoms with E-state index in [1.807, 2.05) is 6.92 Å². The van der Waals surface area contributed by atoms with Crippen LogP contribution < -0.4 is 0 Å². The summed E-state index contributed by atoms with van der Waals surface area (Å²) in [4.78, 5) is 37.1. The normalized spacial score (nSPS) is 18.3. The highest BCUT2D eigenvalue weighted by molar-refractivity contribution is 9.10. The predicted octanol–water partition coefficient (Wildman–Crippen LogP) is 3.89. The van der Waals surface area contributed by atoms with Gasteiger partial charge in [-0.05, 0) is 30.2 Å². The number of nitrogens with zero attached hydrogens (tertiary/aromatic N) is 2. The van der Waals surface area contributed by atoms with Crippen LogP contribution in [-0.2, 0) is 9.59 Å². The number of nitro benzene ring substituents is 1. The lowest BCUT2D eigenvalue weighted by Crippen LogP contribution is -2.30. The molecule has 1 heterocycles. The molecule has 29 heavy (non-hydrogen) atoms. The summed E-state index contributed by atoms with van der Waals surface area (Å²) in [6, 6.07) is 9.18. The average Bonchev–Trinajstić information content (AvgIpc) is 2.93. The molecule has 2 N–H and O–H groups in total. The lowest BCUT2D eigenvalue weighted by Gasteiger charge is -2.24. The monoisotopic (exact) mass is 460 g/mol. The second-order valence-corrected chi connectivity index (χ2v) is 7.42. The van der Waals surface area contributed by atoms with Crippen molar-refractivity contribution >= 4 is 39.1 Å². The van der Waals surface area contributed by atoms with Crippen LogP contribution in [0.3, 0.4) is 0 Å². The summed E-state index contributed by atoms with van der Waals surface area (Å²) in [5.41, 5.74) is -0.110. The largest absolute Gasteiger partial charge is 0.507 e. The maximum absolute atomic E-state index is 12.7. The molecule has 1 amide bonds. The molecule has 1 aliphatic heterocycles. The fourth-order valence-corrected chi connectivity index (χ4v) is 3.58. The van der Waals surface area contributed by atoms with E-state index in [-0.39, 0.29) is 23.4 Å². The van der Waals surface area contributed by atoms with Crippen LogP contribution in [0, 0.1) is 10.1 Å². The summed E-state index contributed by atoms with van der Waals surface area (Å²) in [5, 5.41) is 31.8. The number of phenolic OH excluding ortho intramolecular Hbond substituents is 1. The average molecular weight is 461 g/mol. The van der Waals surface area contributed by atoms with Crippen molar-refractivity contribution in [2.45, 2.75) is 19.4 Å². The van der Waals surface area contributed by atoms with E-state index >= 15 is 0 Å². The van der Waals surface area contributed by atoms with E-state index in [1.54, 1.807) is 24.3 Å². The first kappa shape index (κ1) is 20.5. The Morgan fingerprint density at radius 2 is 1.86 bits per heavy atom. The lowest BCUT2D eigenvalue weighted by molar-refractivity contribution is -0.385. The Labute approximate surface area is 174 Å². The fourth-order valence-electron chi connectivity index (χ4n) is 3.32. The second kappa shape index (κ2) is 8.04. The molecule has 3 rings (SSSR count). The van der Waals surface area contributed by atoms with Gasteiger partial charge in [-0.2, -0.15) is 0 Å². The van der Waals surface area contributed by atoms with Gasteiger partial charge in [0.15, 0.2) is 5.75 Å². The van der Waals surface area contributed by atoms with Crippen LogP contribution in [0.15, 0.2) is 52.5 Å². The van der Waals surface area contributed by atoms with Gasteiger partial charge in [-0.3, -0.25) is 19.7 Å². The Bertz CT molecular complexity index is 1030. The van der Waals surface area contributed by atoms with Gasteiger partial charge < -0.3 is 15.1 Å². The van der Waals surface area contributed by atoms with Gasteiger partial charge in [0.2, 0.25) is 0 Å².